The lowest BCUT2D eigenvalue weighted by Gasteiger charge is -2.12. The number of halogens is 6. The zero-order chi connectivity index (χ0) is 105. The molecule has 0 aliphatic carbocycles. The quantitative estimate of drug-likeness (QED) is 0.0331. The Kier molecular flexibility index (Phi) is 76.9. The summed E-state index contributed by atoms with van der Waals surface area (Å²) in [5.41, 5.74) is 15.4. The lowest BCUT2D eigenvalue weighted by Crippen LogP contribution is -2.02. The van der Waals surface area contributed by atoms with Crippen LogP contribution in [-0.2, 0) is 70.6 Å². The molecule has 0 spiro atoms. The molecule has 0 saturated carbocycles. The van der Waals surface area contributed by atoms with Gasteiger partial charge in [-0.3, -0.25) is 0 Å². The molecule has 0 saturated heterocycles. The average Bonchev–Trinajstić information content (AvgIpc) is 0.857. The van der Waals surface area contributed by atoms with E-state index in [1.165, 1.54) is 167 Å². The van der Waals surface area contributed by atoms with Gasteiger partial charge in [0.25, 0.3) is 0 Å². The van der Waals surface area contributed by atoms with Crippen LogP contribution < -0.4 is 14.2 Å². The Bertz CT molecular complexity index is 4510. The van der Waals surface area contributed by atoms with Crippen molar-refractivity contribution < 1.29 is 33.9 Å². The standard InChI is InChI=1S/C14H22O2.C13H20O.C12H17Cl.C12H18O.C12H18.C11H15Br.C11H15ClO.C11H15Cl.C11H15F.C11H15I.C11H16O/c1-4-7-8-12-9-10-13(15-5-2)14(11-12)16-6-3;1-3-6-11(2)9-10-12-7-4-5-8-13(12)14;1-3-10(2)8-9-11-6-4-5-7-12(11)13;1-10(2)4-5-11-6-8-12(13-3)9-7-11;1-10(2)8-9-12-7-5-4-6-11(12)3;1-9(2)7-8-10-5-3-4-6-11(10)12;1-9(8-13)6-7-10-4-2-3-5-11(10)12;1-9(2)3-4-10-5-7-11(12)8-6-10;3*1-9(2)7-8-10-5-3-4-6-11(10)12/h9-11H,4-8H2,1-3H3;4-5,7-8,11,14H,3,6,9-10H2,1-2H3;4-7,10H,3,8-9H2,1-2H3;6-10H,4-5H2,1-3H3;4-7,10H,8-9H2,1-3H3;3-6,9H,7-8H2,1-2H3;2-5,9,13H,6-8H2,1H3;5-9H,3-4H2,1-2H3;2*3-6,9H,7-8H2,1-2H3;3-6,9,12H,7-8H2,1-2H3. The molecular formula is C129H186BrCl3FIO6. The second-order valence-electron chi connectivity index (χ2n) is 40.2. The molecule has 0 aromatic heterocycles. The van der Waals surface area contributed by atoms with E-state index in [9.17, 15) is 14.6 Å². The predicted molar refractivity (Wildman–Crippen MR) is 629 cm³/mol. The number of aromatic hydroxyl groups is 2. The van der Waals surface area contributed by atoms with Crippen molar-refractivity contribution >= 4 is 73.3 Å². The van der Waals surface area contributed by atoms with Crippen molar-refractivity contribution in [1.29, 1.82) is 0 Å². The Morgan fingerprint density at radius 3 is 1.09 bits per heavy atom. The van der Waals surface area contributed by atoms with E-state index < -0.39 is 0 Å². The van der Waals surface area contributed by atoms with Gasteiger partial charge in [-0.1, -0.05) is 397 Å². The SMILES string of the molecule is CC(C)CCc1ccc(Cl)cc1.CC(C)CCc1ccccc1Br.CC(C)CCc1ccccc1F.CC(C)CCc1ccccc1I.CC(C)CCc1ccccc1O.CC(CO)CCc1ccccc1Cl.CCC(C)CCc1ccccc1Cl.CCCC(C)CCc1ccccc1O.CCCCc1ccc(OCC)c(OCC)c1.COc1ccc(CCC(C)C)cc1.Cc1ccccc1CCC(C)C. The summed E-state index contributed by atoms with van der Waals surface area (Å²) in [6.45, 7) is 52.4. The fourth-order valence-electron chi connectivity index (χ4n) is 14.2. The molecule has 3 unspecified atom stereocenters. The molecule has 3 atom stereocenters. The minimum absolute atomic E-state index is 0.0712. The van der Waals surface area contributed by atoms with Crippen molar-refractivity contribution in [3.63, 3.8) is 0 Å². The first-order chi connectivity index (χ1) is 67.4. The maximum Gasteiger partial charge on any atom is 0.161 e. The van der Waals surface area contributed by atoms with E-state index >= 15 is 0 Å². The number of hydrogen-bond acceptors (Lipinski definition) is 6. The largest absolute Gasteiger partial charge is 0.508 e. The molecule has 11 rings (SSSR count). The van der Waals surface area contributed by atoms with Crippen LogP contribution in [0.3, 0.4) is 0 Å². The zero-order valence-electron chi connectivity index (χ0n) is 91.4. The fourth-order valence-corrected chi connectivity index (χ4v) is 15.9. The molecule has 0 amide bonds. The summed E-state index contributed by atoms with van der Waals surface area (Å²) in [6, 6.07) is 86.6. The van der Waals surface area contributed by atoms with Gasteiger partial charge in [-0.05, 0) is 389 Å². The van der Waals surface area contributed by atoms with Crippen LogP contribution in [0.2, 0.25) is 15.1 Å². The third-order valence-corrected chi connectivity index (χ3v) is 26.8. The number of aryl methyl sites for hydroxylation is 12. The summed E-state index contributed by atoms with van der Waals surface area (Å²) in [5, 5.41) is 30.4. The number of phenolic OH excluding ortho intramolecular Hbond substituents is 2. The Morgan fingerprint density at radius 2 is 0.674 bits per heavy atom. The number of ether oxygens (including phenoxy) is 3. The van der Waals surface area contributed by atoms with Crippen LogP contribution in [0.4, 0.5) is 4.39 Å². The highest BCUT2D eigenvalue weighted by Gasteiger charge is 2.12. The summed E-state index contributed by atoms with van der Waals surface area (Å²) >= 11 is 23.8. The van der Waals surface area contributed by atoms with Crippen LogP contribution in [-0.4, -0.2) is 42.3 Å². The molecule has 11 aromatic carbocycles. The van der Waals surface area contributed by atoms with Crippen LogP contribution in [0.5, 0.6) is 28.7 Å². The number of unbranched alkanes of at least 4 members (excludes halogenated alkanes) is 1. The van der Waals surface area contributed by atoms with E-state index in [1.54, 1.807) is 25.3 Å². The van der Waals surface area contributed by atoms with E-state index in [4.69, 9.17) is 54.1 Å². The van der Waals surface area contributed by atoms with Crippen molar-refractivity contribution in [3.8, 4) is 28.7 Å². The van der Waals surface area contributed by atoms with E-state index in [0.29, 0.717) is 42.5 Å². The van der Waals surface area contributed by atoms with Crippen LogP contribution in [0.25, 0.3) is 0 Å². The van der Waals surface area contributed by atoms with Crippen molar-refractivity contribution in [2.24, 2.45) is 59.2 Å². The maximum absolute atomic E-state index is 13.0. The van der Waals surface area contributed by atoms with Crippen molar-refractivity contribution in [3.05, 3.63) is 357 Å². The zero-order valence-corrected chi connectivity index (χ0v) is 97.5. The molecule has 0 fully saturated rings. The van der Waals surface area contributed by atoms with E-state index in [1.807, 2.05) is 136 Å². The molecule has 11 aromatic rings. The van der Waals surface area contributed by atoms with Crippen LogP contribution in [0.1, 0.15) is 315 Å². The van der Waals surface area contributed by atoms with Gasteiger partial charge < -0.3 is 29.5 Å². The molecular weight excluding hydrogens is 1980 g/mol. The number of hydrogen-bond donors (Lipinski definition) is 3. The lowest BCUT2D eigenvalue weighted by molar-refractivity contribution is 0.230. The Morgan fingerprint density at radius 1 is 0.326 bits per heavy atom. The van der Waals surface area contributed by atoms with Gasteiger partial charge in [0.05, 0.1) is 20.3 Å². The molecule has 0 aliphatic rings. The first-order valence-corrected chi connectivity index (χ1v) is 56.0. The fraction of sp³-hybridized carbons (Fsp3) is 0.488. The number of rotatable bonds is 42. The van der Waals surface area contributed by atoms with Crippen LogP contribution >= 0.6 is 73.3 Å². The molecule has 0 bridgehead atoms. The lowest BCUT2D eigenvalue weighted by atomic mass is 9.97. The van der Waals surface area contributed by atoms with Gasteiger partial charge in [-0.2, -0.15) is 0 Å². The number of methoxy groups -OCH3 is 1. The first kappa shape index (κ1) is 131. The van der Waals surface area contributed by atoms with E-state index in [0.717, 1.165) is 155 Å². The van der Waals surface area contributed by atoms with Gasteiger partial charge in [0.1, 0.15) is 23.1 Å². The van der Waals surface area contributed by atoms with Crippen molar-refractivity contribution in [2.75, 3.05) is 26.9 Å². The van der Waals surface area contributed by atoms with Crippen LogP contribution in [0, 0.1) is 75.5 Å². The van der Waals surface area contributed by atoms with E-state index in [-0.39, 0.29) is 12.4 Å². The summed E-state index contributed by atoms with van der Waals surface area (Å²) in [5.74, 6) is 10.7. The number of phenols is 2. The predicted octanol–water partition coefficient (Wildman–Crippen LogP) is 39.9. The van der Waals surface area contributed by atoms with Crippen molar-refractivity contribution in [1.82, 2.24) is 0 Å². The summed E-state index contributed by atoms with van der Waals surface area (Å²) < 4.78 is 31.9. The second-order valence-corrected chi connectivity index (χ2v) is 43.5. The van der Waals surface area contributed by atoms with Gasteiger partial charge in [-0.15, -0.1) is 0 Å². The normalized spacial score (nSPS) is 11.2. The molecule has 780 valence electrons. The van der Waals surface area contributed by atoms with Crippen molar-refractivity contribution in [2.45, 2.75) is 326 Å². The summed E-state index contributed by atoms with van der Waals surface area (Å²) in [7, 11) is 1.70. The first-order valence-electron chi connectivity index (χ1n) is 53.0. The van der Waals surface area contributed by atoms with Gasteiger partial charge in [0, 0.05) is 29.7 Å². The monoisotopic (exact) mass is 2160 g/mol. The van der Waals surface area contributed by atoms with Gasteiger partial charge in [0.2, 0.25) is 0 Å². The van der Waals surface area contributed by atoms with Gasteiger partial charge in [-0.25, -0.2) is 4.39 Å². The molecule has 0 heterocycles. The third kappa shape index (κ3) is 67.7. The smallest absolute Gasteiger partial charge is 0.161 e. The van der Waals surface area contributed by atoms with Gasteiger partial charge >= 0.3 is 0 Å². The average molecular weight is 2170 g/mol. The highest BCUT2D eigenvalue weighted by atomic mass is 127. The molecule has 3 N–H and O–H groups in total. The molecule has 12 heteroatoms. The molecule has 141 heavy (non-hydrogen) atoms. The Balaban J connectivity index is 0.000000776. The number of benzene rings is 11. The topological polar surface area (TPSA) is 88.4 Å². The number of aliphatic hydroxyl groups excluding tert-OH is 1. The number of aliphatic hydroxyl groups is 1. The third-order valence-electron chi connectivity index (χ3n) is 24.0. The summed E-state index contributed by atoms with van der Waals surface area (Å²) in [4.78, 5) is 0. The Labute approximate surface area is 897 Å². The highest BCUT2D eigenvalue weighted by Crippen LogP contribution is 2.31. The molecule has 6 nitrogen and oxygen atoms in total. The molecule has 0 radical (unpaired) electrons. The number of para-hydroxylation sites is 2. The Hall–Kier alpha value is -7.61. The minimum atomic E-state index is -0.0712. The minimum Gasteiger partial charge on any atom is -0.508 e. The summed E-state index contributed by atoms with van der Waals surface area (Å²) in [6.07, 6.45) is 30.1. The molecule has 0 aliphatic heterocycles. The van der Waals surface area contributed by atoms with Crippen LogP contribution in [0.15, 0.2) is 265 Å². The van der Waals surface area contributed by atoms with Gasteiger partial charge in [0.15, 0.2) is 11.5 Å². The maximum atomic E-state index is 13.0. The van der Waals surface area contributed by atoms with E-state index in [2.05, 4.69) is 298 Å². The second kappa shape index (κ2) is 82.6. The highest BCUT2D eigenvalue weighted by molar-refractivity contribution is 14.1.